The van der Waals surface area contributed by atoms with E-state index in [1.807, 2.05) is 13.8 Å². The lowest BCUT2D eigenvalue weighted by Crippen LogP contribution is -2.06. The lowest BCUT2D eigenvalue weighted by molar-refractivity contribution is 0.615. The molecule has 0 amide bonds. The van der Waals surface area contributed by atoms with E-state index in [0.717, 1.165) is 24.8 Å². The standard InChI is InChI=1S/C32H46N2S.C2H3N.C2H6/c1-19-12-24-16-29(25(22(4)26(24)13-19)10-8-6-5-7-9-11-33)32-30(34-32)17-23-18-31(35)28-15-20(2)14-27(28)21(23)3;1-2-3;1-2/h16,18-20,30,32,34-35H,5-15,17,33H2,1-4H3;1H3;1-2H3. The molecule has 2 aliphatic carbocycles. The number of benzene rings is 2. The third-order valence-corrected chi connectivity index (χ3v) is 9.61. The Morgan fingerprint density at radius 3 is 2.20 bits per heavy atom. The van der Waals surface area contributed by atoms with Gasteiger partial charge in [0, 0.05) is 23.9 Å². The summed E-state index contributed by atoms with van der Waals surface area (Å²) in [5, 5.41) is 11.2. The third kappa shape index (κ3) is 7.72. The summed E-state index contributed by atoms with van der Waals surface area (Å²) in [5.74, 6) is 1.54. The van der Waals surface area contributed by atoms with Crippen LogP contribution in [0.2, 0.25) is 0 Å². The van der Waals surface area contributed by atoms with E-state index in [1.54, 1.807) is 39.4 Å². The third-order valence-electron chi connectivity index (χ3n) is 9.21. The molecule has 5 rings (SSSR count). The molecule has 40 heavy (non-hydrogen) atoms. The molecule has 0 spiro atoms. The van der Waals surface area contributed by atoms with Crippen molar-refractivity contribution in [2.45, 2.75) is 136 Å². The highest BCUT2D eigenvalue weighted by Crippen LogP contribution is 2.42. The van der Waals surface area contributed by atoms with Gasteiger partial charge in [-0.2, -0.15) is 5.26 Å². The van der Waals surface area contributed by atoms with E-state index < -0.39 is 0 Å². The zero-order valence-electron chi connectivity index (χ0n) is 26.4. The van der Waals surface area contributed by atoms with Crippen molar-refractivity contribution in [3.63, 3.8) is 0 Å². The van der Waals surface area contributed by atoms with Crippen LogP contribution in [0.1, 0.15) is 123 Å². The van der Waals surface area contributed by atoms with Gasteiger partial charge in [-0.3, -0.25) is 0 Å². The van der Waals surface area contributed by atoms with E-state index in [2.05, 4.69) is 45.1 Å². The second kappa shape index (κ2) is 15.4. The Morgan fingerprint density at radius 1 is 0.900 bits per heavy atom. The van der Waals surface area contributed by atoms with E-state index in [9.17, 15) is 0 Å². The Balaban J connectivity index is 0.000000827. The molecule has 0 radical (unpaired) electrons. The highest BCUT2D eigenvalue weighted by molar-refractivity contribution is 7.80. The molecule has 4 atom stereocenters. The van der Waals surface area contributed by atoms with Crippen molar-refractivity contribution in [2.24, 2.45) is 17.6 Å². The van der Waals surface area contributed by atoms with Gasteiger partial charge in [-0.05, 0) is 140 Å². The summed E-state index contributed by atoms with van der Waals surface area (Å²) in [6, 6.07) is 7.80. The van der Waals surface area contributed by atoms with E-state index >= 15 is 0 Å². The lowest BCUT2D eigenvalue weighted by Gasteiger charge is -2.17. The smallest absolute Gasteiger partial charge is 0.0587 e. The minimum Gasteiger partial charge on any atom is -0.330 e. The van der Waals surface area contributed by atoms with Crippen molar-refractivity contribution in [3.05, 3.63) is 62.2 Å². The minimum absolute atomic E-state index is 0.511. The number of nitrogens with two attached hydrogens (primary N) is 1. The van der Waals surface area contributed by atoms with Crippen molar-refractivity contribution in [1.29, 1.82) is 5.26 Å². The largest absolute Gasteiger partial charge is 0.330 e. The van der Waals surface area contributed by atoms with Gasteiger partial charge >= 0.3 is 0 Å². The average molecular weight is 562 g/mol. The fourth-order valence-electron chi connectivity index (χ4n) is 7.17. The number of thiol groups is 1. The van der Waals surface area contributed by atoms with Crippen LogP contribution in [0.4, 0.5) is 0 Å². The SMILES string of the molecule is CC.CC#N.Cc1c2c(cc(C3NC3Cc3cc(S)c4c(c3C)CC(C)C4)c1CCCCCCCN)CC(C)C2. The molecule has 1 heterocycles. The summed E-state index contributed by atoms with van der Waals surface area (Å²) >= 11 is 4.90. The van der Waals surface area contributed by atoms with Crippen molar-refractivity contribution in [2.75, 3.05) is 6.54 Å². The first-order chi connectivity index (χ1) is 19.3. The number of rotatable bonds is 10. The van der Waals surface area contributed by atoms with Crippen LogP contribution < -0.4 is 11.1 Å². The van der Waals surface area contributed by atoms with Gasteiger partial charge in [-0.25, -0.2) is 0 Å². The minimum atomic E-state index is 0.511. The molecule has 3 N–H and O–H groups in total. The van der Waals surface area contributed by atoms with Crippen molar-refractivity contribution >= 4 is 12.6 Å². The van der Waals surface area contributed by atoms with E-state index in [1.165, 1.54) is 92.7 Å². The van der Waals surface area contributed by atoms with Crippen LogP contribution in [0.3, 0.4) is 0 Å². The fourth-order valence-corrected chi connectivity index (χ4v) is 7.55. The van der Waals surface area contributed by atoms with Gasteiger partial charge in [0.15, 0.2) is 0 Å². The van der Waals surface area contributed by atoms with Crippen LogP contribution in [0, 0.1) is 37.0 Å². The molecule has 3 nitrogen and oxygen atoms in total. The molecule has 2 aromatic rings. The molecule has 0 bridgehead atoms. The predicted molar refractivity (Wildman–Crippen MR) is 175 cm³/mol. The summed E-state index contributed by atoms with van der Waals surface area (Å²) in [7, 11) is 0. The Labute approximate surface area is 251 Å². The van der Waals surface area contributed by atoms with Gasteiger partial charge in [0.1, 0.15) is 0 Å². The van der Waals surface area contributed by atoms with Crippen molar-refractivity contribution in [1.82, 2.24) is 5.32 Å². The van der Waals surface area contributed by atoms with Gasteiger partial charge in [0.05, 0.1) is 6.07 Å². The van der Waals surface area contributed by atoms with Crippen LogP contribution in [-0.2, 0) is 38.5 Å². The number of fused-ring (bicyclic) bond motifs is 2. The quantitative estimate of drug-likeness (QED) is 0.155. The first kappa shape index (κ1) is 32.7. The summed E-state index contributed by atoms with van der Waals surface area (Å²) < 4.78 is 0. The number of hydrogen-bond acceptors (Lipinski definition) is 4. The molecular weight excluding hydrogens is 506 g/mol. The Bertz CT molecular complexity index is 1180. The molecule has 220 valence electrons. The topological polar surface area (TPSA) is 71.8 Å². The highest BCUT2D eigenvalue weighted by atomic mass is 32.1. The predicted octanol–water partition coefficient (Wildman–Crippen LogP) is 8.32. The molecule has 4 unspecified atom stereocenters. The number of nitrogens with one attached hydrogen (secondary N) is 1. The number of nitriles is 1. The number of unbranched alkanes of at least 4 members (excludes halogenated alkanes) is 4. The normalized spacial score (nSPS) is 21.9. The maximum Gasteiger partial charge on any atom is 0.0587 e. The van der Waals surface area contributed by atoms with Crippen LogP contribution in [0.5, 0.6) is 0 Å². The molecule has 0 aromatic heterocycles. The van der Waals surface area contributed by atoms with E-state index in [4.69, 9.17) is 23.6 Å². The Kier molecular flexibility index (Phi) is 12.6. The van der Waals surface area contributed by atoms with Gasteiger partial charge < -0.3 is 11.1 Å². The van der Waals surface area contributed by atoms with Crippen LogP contribution in [-0.4, -0.2) is 12.6 Å². The molecule has 1 aliphatic heterocycles. The molecular formula is C36H55N3S. The summed E-state index contributed by atoms with van der Waals surface area (Å²) in [4.78, 5) is 1.22. The van der Waals surface area contributed by atoms with Gasteiger partial charge in [-0.15, -0.1) is 12.6 Å². The van der Waals surface area contributed by atoms with Crippen LogP contribution in [0.25, 0.3) is 0 Å². The monoisotopic (exact) mass is 561 g/mol. The lowest BCUT2D eigenvalue weighted by atomic mass is 9.87. The molecule has 2 aromatic carbocycles. The number of nitrogens with zero attached hydrogens (tertiary/aromatic N) is 1. The summed E-state index contributed by atoms with van der Waals surface area (Å²) in [5.41, 5.74) is 20.0. The van der Waals surface area contributed by atoms with Gasteiger partial charge in [0.2, 0.25) is 0 Å². The zero-order chi connectivity index (χ0) is 29.4. The molecule has 4 heteroatoms. The summed E-state index contributed by atoms with van der Waals surface area (Å²) in [6.45, 7) is 15.8. The fraction of sp³-hybridized carbons (Fsp3) is 0.639. The number of hydrogen-bond donors (Lipinski definition) is 3. The van der Waals surface area contributed by atoms with E-state index in [0.29, 0.717) is 12.1 Å². The van der Waals surface area contributed by atoms with Crippen molar-refractivity contribution in [3.8, 4) is 6.07 Å². The van der Waals surface area contributed by atoms with Crippen LogP contribution >= 0.6 is 12.6 Å². The van der Waals surface area contributed by atoms with Gasteiger partial charge in [-0.1, -0.05) is 53.0 Å². The zero-order valence-corrected chi connectivity index (χ0v) is 27.3. The molecule has 3 aliphatic rings. The summed E-state index contributed by atoms with van der Waals surface area (Å²) in [6.07, 6.45) is 13.7. The average Bonchev–Trinajstić information content (AvgIpc) is 3.40. The molecule has 0 saturated carbocycles. The second-order valence-electron chi connectivity index (χ2n) is 12.4. The van der Waals surface area contributed by atoms with E-state index in [-0.39, 0.29) is 0 Å². The molecule has 1 saturated heterocycles. The van der Waals surface area contributed by atoms with Crippen molar-refractivity contribution < 1.29 is 0 Å². The van der Waals surface area contributed by atoms with Crippen LogP contribution in [0.15, 0.2) is 17.0 Å². The Morgan fingerprint density at radius 2 is 1.50 bits per heavy atom. The second-order valence-corrected chi connectivity index (χ2v) is 12.8. The first-order valence-corrected chi connectivity index (χ1v) is 16.5. The Hall–Kier alpha value is -1.80. The highest BCUT2D eigenvalue weighted by Gasteiger charge is 2.40. The maximum absolute atomic E-state index is 7.32. The maximum atomic E-state index is 7.32. The first-order valence-electron chi connectivity index (χ1n) is 16.0. The molecule has 1 fully saturated rings. The van der Waals surface area contributed by atoms with Gasteiger partial charge in [0.25, 0.3) is 0 Å².